The highest BCUT2D eigenvalue weighted by atomic mass is 19.4. The van der Waals surface area contributed by atoms with Crippen LogP contribution in [0.2, 0.25) is 0 Å². The van der Waals surface area contributed by atoms with Crippen molar-refractivity contribution in [3.05, 3.63) is 54.4 Å². The van der Waals surface area contributed by atoms with Gasteiger partial charge in [-0.05, 0) is 49.8 Å². The molecule has 1 saturated heterocycles. The number of aliphatic hydroxyl groups is 1. The summed E-state index contributed by atoms with van der Waals surface area (Å²) in [4.78, 5) is 17.9. The second-order valence-corrected chi connectivity index (χ2v) is 9.97. The minimum Gasteiger partial charge on any atom is -0.474 e. The average Bonchev–Trinajstić information content (AvgIpc) is 3.54. The molecule has 0 radical (unpaired) electrons. The third-order valence-corrected chi connectivity index (χ3v) is 7.52. The number of piperidine rings is 1. The van der Waals surface area contributed by atoms with Gasteiger partial charge in [-0.25, -0.2) is 15.0 Å². The van der Waals surface area contributed by atoms with Gasteiger partial charge in [0, 0.05) is 55.1 Å². The summed E-state index contributed by atoms with van der Waals surface area (Å²) in [7, 11) is 0. The number of ether oxygens (including phenoxy) is 1. The summed E-state index contributed by atoms with van der Waals surface area (Å²) < 4.78 is 47.6. The summed E-state index contributed by atoms with van der Waals surface area (Å²) >= 11 is 0. The number of halogens is 3. The van der Waals surface area contributed by atoms with E-state index in [1.54, 1.807) is 6.33 Å². The zero-order valence-corrected chi connectivity index (χ0v) is 20.6. The van der Waals surface area contributed by atoms with E-state index in [0.717, 1.165) is 67.1 Å². The molecular formula is C26H28F3N7O2. The van der Waals surface area contributed by atoms with E-state index in [1.807, 2.05) is 29.3 Å². The van der Waals surface area contributed by atoms with Crippen LogP contribution in [0.5, 0.6) is 5.88 Å². The molecule has 2 N–H and O–H groups in total. The molecule has 2 fully saturated rings. The number of aromatic amines is 1. The number of rotatable bonds is 7. The Balaban J connectivity index is 1.03. The number of nitrogens with one attached hydrogen (secondary N) is 1. The molecule has 5 heterocycles. The van der Waals surface area contributed by atoms with Crippen LogP contribution in [0, 0.1) is 0 Å². The van der Waals surface area contributed by atoms with Gasteiger partial charge >= 0.3 is 6.18 Å². The number of aliphatic hydroxyl groups excluding tert-OH is 1. The summed E-state index contributed by atoms with van der Waals surface area (Å²) in [5.74, 6) is -0.0273. The summed E-state index contributed by atoms with van der Waals surface area (Å²) in [6.45, 7) is 1.40. The summed E-state index contributed by atoms with van der Waals surface area (Å²) in [6.07, 6.45) is 6.10. The number of hydrogen-bond donors (Lipinski definition) is 2. The third kappa shape index (κ3) is 4.97. The van der Waals surface area contributed by atoms with Gasteiger partial charge in [0.25, 0.3) is 0 Å². The van der Waals surface area contributed by atoms with Crippen molar-refractivity contribution < 1.29 is 23.0 Å². The average molecular weight is 528 g/mol. The lowest BCUT2D eigenvalue weighted by Crippen LogP contribution is -2.50. The molecule has 0 bridgehead atoms. The number of pyridine rings is 1. The van der Waals surface area contributed by atoms with Gasteiger partial charge in [-0.15, -0.1) is 0 Å². The molecule has 1 aliphatic carbocycles. The fourth-order valence-electron chi connectivity index (χ4n) is 5.40. The minimum atomic E-state index is -4.56. The van der Waals surface area contributed by atoms with Crippen molar-refractivity contribution in [3.63, 3.8) is 0 Å². The van der Waals surface area contributed by atoms with Crippen molar-refractivity contribution in [3.8, 4) is 17.1 Å². The molecular weight excluding hydrogens is 499 g/mol. The monoisotopic (exact) mass is 527 g/mol. The van der Waals surface area contributed by atoms with E-state index in [-0.39, 0.29) is 25.0 Å². The van der Waals surface area contributed by atoms with Gasteiger partial charge in [-0.3, -0.25) is 9.58 Å². The second kappa shape index (κ2) is 9.99. The van der Waals surface area contributed by atoms with Crippen LogP contribution in [0.3, 0.4) is 0 Å². The van der Waals surface area contributed by atoms with Crippen molar-refractivity contribution >= 4 is 11.0 Å². The van der Waals surface area contributed by atoms with Gasteiger partial charge in [0.2, 0.25) is 5.88 Å². The van der Waals surface area contributed by atoms with Gasteiger partial charge in [-0.1, -0.05) is 0 Å². The fraction of sp³-hybridized carbons (Fsp3) is 0.462. The van der Waals surface area contributed by atoms with Crippen LogP contribution >= 0.6 is 0 Å². The van der Waals surface area contributed by atoms with E-state index in [0.29, 0.717) is 17.6 Å². The van der Waals surface area contributed by atoms with Crippen LogP contribution in [-0.2, 0) is 12.6 Å². The van der Waals surface area contributed by atoms with Gasteiger partial charge < -0.3 is 14.8 Å². The molecule has 200 valence electrons. The Kier molecular flexibility index (Phi) is 6.52. The number of nitrogens with zero attached hydrogens (tertiary/aromatic N) is 6. The van der Waals surface area contributed by atoms with Gasteiger partial charge in [-0.2, -0.15) is 18.3 Å². The van der Waals surface area contributed by atoms with Gasteiger partial charge in [0.1, 0.15) is 23.8 Å². The van der Waals surface area contributed by atoms with Gasteiger partial charge in [0.15, 0.2) is 0 Å². The standard InChI is InChI=1S/C26H28F3N7O2/c27-26(28,29)22-9-16(4-8-37)10-23(34-22)38-20-2-6-35(7-3-20)18-11-19(12-18)36-14-17(13-33-36)24-21-1-5-30-25(21)32-15-31-24/h1,5,9-10,13-15,18-20,37H,2-4,6-8,11-12H2,(H,30,31,32). The molecule has 9 nitrogen and oxygen atoms in total. The molecule has 4 aromatic rings. The third-order valence-electron chi connectivity index (χ3n) is 7.52. The van der Waals surface area contributed by atoms with E-state index in [2.05, 4.69) is 29.9 Å². The Morgan fingerprint density at radius 1 is 1.11 bits per heavy atom. The molecule has 0 amide bonds. The Labute approximate surface area is 216 Å². The predicted molar refractivity (Wildman–Crippen MR) is 132 cm³/mol. The normalized spacial score (nSPS) is 21.1. The van der Waals surface area contributed by atoms with Crippen LogP contribution in [0.15, 0.2) is 43.1 Å². The van der Waals surface area contributed by atoms with E-state index in [9.17, 15) is 13.2 Å². The maximum atomic E-state index is 13.2. The van der Waals surface area contributed by atoms with E-state index < -0.39 is 11.9 Å². The molecule has 0 unspecified atom stereocenters. The zero-order chi connectivity index (χ0) is 26.3. The first-order valence-electron chi connectivity index (χ1n) is 12.8. The highest BCUT2D eigenvalue weighted by Gasteiger charge is 2.38. The number of aromatic nitrogens is 6. The number of H-pyrrole nitrogens is 1. The lowest BCUT2D eigenvalue weighted by Gasteiger charge is -2.45. The lowest BCUT2D eigenvalue weighted by molar-refractivity contribution is -0.141. The smallest absolute Gasteiger partial charge is 0.433 e. The first-order chi connectivity index (χ1) is 18.4. The number of fused-ring (bicyclic) bond motifs is 1. The Hall–Kier alpha value is -3.51. The van der Waals surface area contributed by atoms with Crippen LogP contribution in [0.1, 0.15) is 43.0 Å². The minimum absolute atomic E-state index is 0.0273. The summed E-state index contributed by atoms with van der Waals surface area (Å²) in [6, 6.07) is 5.20. The molecule has 4 aromatic heterocycles. The maximum Gasteiger partial charge on any atom is 0.433 e. The van der Waals surface area contributed by atoms with Crippen molar-refractivity contribution in [2.45, 2.75) is 56.5 Å². The topological polar surface area (TPSA) is 105 Å². The van der Waals surface area contributed by atoms with Crippen LogP contribution < -0.4 is 4.74 Å². The number of hydrogen-bond acceptors (Lipinski definition) is 7. The number of alkyl halides is 3. The maximum absolute atomic E-state index is 13.2. The molecule has 0 aromatic carbocycles. The first kappa shape index (κ1) is 24.8. The molecule has 2 aliphatic rings. The molecule has 12 heteroatoms. The molecule has 1 saturated carbocycles. The number of likely N-dealkylation sites (tertiary alicyclic amines) is 1. The highest BCUT2D eigenvalue weighted by molar-refractivity contribution is 5.89. The molecule has 0 spiro atoms. The molecule has 1 aliphatic heterocycles. The van der Waals surface area contributed by atoms with Gasteiger partial charge in [0.05, 0.1) is 17.9 Å². The van der Waals surface area contributed by atoms with E-state index >= 15 is 0 Å². The van der Waals surface area contributed by atoms with E-state index in [4.69, 9.17) is 9.84 Å². The highest BCUT2D eigenvalue weighted by Crippen LogP contribution is 2.38. The second-order valence-electron chi connectivity index (χ2n) is 9.97. The largest absolute Gasteiger partial charge is 0.474 e. The first-order valence-corrected chi connectivity index (χ1v) is 12.8. The van der Waals surface area contributed by atoms with Crippen molar-refractivity contribution in [1.82, 2.24) is 34.6 Å². The SMILES string of the molecule is OCCc1cc(OC2CCN(C3CC(n4cc(-c5ncnc6[nH]ccc56)cn4)C3)CC2)nc(C(F)(F)F)c1. The Bertz CT molecular complexity index is 1410. The quantitative estimate of drug-likeness (QED) is 0.374. The van der Waals surface area contributed by atoms with Crippen molar-refractivity contribution in [2.75, 3.05) is 19.7 Å². The van der Waals surface area contributed by atoms with Crippen LogP contribution in [-0.4, -0.2) is 71.6 Å². The summed E-state index contributed by atoms with van der Waals surface area (Å²) in [5, 5.41) is 14.7. The van der Waals surface area contributed by atoms with Crippen molar-refractivity contribution in [1.29, 1.82) is 0 Å². The Morgan fingerprint density at radius 2 is 1.92 bits per heavy atom. The van der Waals surface area contributed by atoms with E-state index in [1.165, 1.54) is 6.07 Å². The van der Waals surface area contributed by atoms with Crippen LogP contribution in [0.25, 0.3) is 22.3 Å². The molecule has 6 rings (SSSR count). The lowest BCUT2D eigenvalue weighted by atomic mass is 9.84. The zero-order valence-electron chi connectivity index (χ0n) is 20.6. The summed E-state index contributed by atoms with van der Waals surface area (Å²) in [5.41, 5.74) is 1.99. The fourth-order valence-corrected chi connectivity index (χ4v) is 5.40. The Morgan fingerprint density at radius 3 is 2.68 bits per heavy atom. The molecule has 0 atom stereocenters. The van der Waals surface area contributed by atoms with Crippen molar-refractivity contribution in [2.24, 2.45) is 0 Å². The van der Waals surface area contributed by atoms with Crippen LogP contribution in [0.4, 0.5) is 13.2 Å². The molecule has 38 heavy (non-hydrogen) atoms. The predicted octanol–water partition coefficient (Wildman–Crippen LogP) is 4.02.